The van der Waals surface area contributed by atoms with E-state index in [1.54, 1.807) is 0 Å². The summed E-state index contributed by atoms with van der Waals surface area (Å²) >= 11 is 0. The van der Waals surface area contributed by atoms with Crippen molar-refractivity contribution in [1.82, 2.24) is 14.5 Å². The maximum absolute atomic E-state index is 5.64. The second kappa shape index (κ2) is 13.1. The molecule has 0 spiro atoms. The van der Waals surface area contributed by atoms with E-state index < -0.39 is 0 Å². The van der Waals surface area contributed by atoms with E-state index in [-0.39, 0.29) is 0 Å². The molecule has 0 radical (unpaired) electrons. The first-order valence-corrected chi connectivity index (χ1v) is 21.7. The van der Waals surface area contributed by atoms with Crippen LogP contribution in [0.15, 0.2) is 212 Å². The molecule has 14 rings (SSSR count). The number of imidazole rings is 1. The number of aromatic nitrogens is 3. The van der Waals surface area contributed by atoms with Crippen LogP contribution in [0.4, 0.5) is 0 Å². The molecule has 0 fully saturated rings. The molecule has 0 N–H and O–H groups in total. The minimum absolute atomic E-state index is 0.854. The van der Waals surface area contributed by atoms with Gasteiger partial charge in [-0.2, -0.15) is 0 Å². The molecule has 0 unspecified atom stereocenters. The van der Waals surface area contributed by atoms with Crippen molar-refractivity contribution in [3.8, 4) is 39.5 Å². The molecule has 0 aliphatic rings. The van der Waals surface area contributed by atoms with E-state index in [4.69, 9.17) is 9.97 Å². The third-order valence-corrected chi connectivity index (χ3v) is 13.5. The van der Waals surface area contributed by atoms with Gasteiger partial charge in [-0.15, -0.1) is 0 Å². The van der Waals surface area contributed by atoms with Gasteiger partial charge in [0.15, 0.2) is 0 Å². The molecule has 2 heterocycles. The van der Waals surface area contributed by atoms with E-state index in [0.717, 1.165) is 55.3 Å². The monoisotopic (exact) mass is 797 g/mol. The Morgan fingerprint density at radius 3 is 1.57 bits per heavy atom. The number of pyridine rings is 1. The summed E-state index contributed by atoms with van der Waals surface area (Å²) in [6.45, 7) is 0. The Balaban J connectivity index is 1.04. The molecule has 0 aliphatic heterocycles. The lowest BCUT2D eigenvalue weighted by Crippen LogP contribution is -2.03. The molecule has 0 saturated carbocycles. The molecule has 2 aromatic heterocycles. The number of fused-ring (bicyclic) bond motifs is 9. The number of rotatable bonds is 4. The highest BCUT2D eigenvalue weighted by Gasteiger charge is 2.24. The SMILES string of the molecule is c1ccc2c(-c3cnc(-n4c(-c5ccc(-c6ccc7ccc8cccc9ccc6c7c89)cc5)nc5c6ccccc6c6ccccc6c54)c4ccccc34)c3ccccc3cc2c1. The predicted octanol–water partition coefficient (Wildman–Crippen LogP) is 16.1. The van der Waals surface area contributed by atoms with Crippen LogP contribution in [-0.2, 0) is 0 Å². The summed E-state index contributed by atoms with van der Waals surface area (Å²) in [4.78, 5) is 11.2. The Morgan fingerprint density at radius 1 is 0.333 bits per heavy atom. The molecule has 3 nitrogen and oxygen atoms in total. The van der Waals surface area contributed by atoms with Crippen LogP contribution in [0.25, 0.3) is 137 Å². The maximum atomic E-state index is 5.64. The first kappa shape index (κ1) is 34.3. The van der Waals surface area contributed by atoms with Crippen LogP contribution < -0.4 is 0 Å². The van der Waals surface area contributed by atoms with Crippen LogP contribution in [0.3, 0.4) is 0 Å². The topological polar surface area (TPSA) is 30.7 Å². The Morgan fingerprint density at radius 2 is 0.857 bits per heavy atom. The van der Waals surface area contributed by atoms with Crippen molar-refractivity contribution in [3.05, 3.63) is 212 Å². The van der Waals surface area contributed by atoms with Gasteiger partial charge in [0.2, 0.25) is 0 Å². The Hall–Kier alpha value is -8.40. The third-order valence-electron chi connectivity index (χ3n) is 13.5. The van der Waals surface area contributed by atoms with Crippen molar-refractivity contribution in [2.45, 2.75) is 0 Å². The molecule has 12 aromatic carbocycles. The van der Waals surface area contributed by atoms with E-state index in [1.807, 2.05) is 0 Å². The molecule has 63 heavy (non-hydrogen) atoms. The van der Waals surface area contributed by atoms with Crippen molar-refractivity contribution in [2.75, 3.05) is 0 Å². The van der Waals surface area contributed by atoms with E-state index in [9.17, 15) is 0 Å². The molecule has 290 valence electrons. The van der Waals surface area contributed by atoms with Gasteiger partial charge in [-0.25, -0.2) is 9.97 Å². The largest absolute Gasteiger partial charge is 0.275 e. The second-order valence-electron chi connectivity index (χ2n) is 16.8. The van der Waals surface area contributed by atoms with E-state index in [1.165, 1.54) is 81.3 Å². The minimum atomic E-state index is 0.854. The minimum Gasteiger partial charge on any atom is -0.275 e. The van der Waals surface area contributed by atoms with Crippen LogP contribution in [0.1, 0.15) is 0 Å². The van der Waals surface area contributed by atoms with Crippen LogP contribution >= 0.6 is 0 Å². The summed E-state index contributed by atoms with van der Waals surface area (Å²) in [7, 11) is 0. The molecule has 0 aliphatic carbocycles. The highest BCUT2D eigenvalue weighted by molar-refractivity contribution is 6.26. The van der Waals surface area contributed by atoms with Crippen LogP contribution in [0.5, 0.6) is 0 Å². The molecule has 0 saturated heterocycles. The van der Waals surface area contributed by atoms with E-state index >= 15 is 0 Å². The summed E-state index contributed by atoms with van der Waals surface area (Å²) < 4.78 is 2.34. The van der Waals surface area contributed by atoms with Crippen molar-refractivity contribution < 1.29 is 0 Å². The van der Waals surface area contributed by atoms with Gasteiger partial charge < -0.3 is 0 Å². The zero-order valence-corrected chi connectivity index (χ0v) is 34.0. The smallest absolute Gasteiger partial charge is 0.146 e. The van der Waals surface area contributed by atoms with Gasteiger partial charge in [0.1, 0.15) is 11.6 Å². The number of nitrogens with zero attached hydrogens (tertiary/aromatic N) is 3. The average Bonchev–Trinajstić information content (AvgIpc) is 3.76. The molecule has 3 heteroatoms. The van der Waals surface area contributed by atoms with Crippen LogP contribution in [-0.4, -0.2) is 14.5 Å². The molecular weight excluding hydrogens is 763 g/mol. The summed E-state index contributed by atoms with van der Waals surface area (Å²) in [6, 6.07) is 75.1. The van der Waals surface area contributed by atoms with Gasteiger partial charge in [0.05, 0.1) is 11.0 Å². The maximum Gasteiger partial charge on any atom is 0.146 e. The first-order chi connectivity index (χ1) is 31.3. The highest BCUT2D eigenvalue weighted by Crippen LogP contribution is 2.45. The van der Waals surface area contributed by atoms with Gasteiger partial charge in [-0.05, 0) is 92.8 Å². The lowest BCUT2D eigenvalue weighted by Gasteiger charge is -2.18. The van der Waals surface area contributed by atoms with Gasteiger partial charge in [-0.1, -0.05) is 200 Å². The van der Waals surface area contributed by atoms with Gasteiger partial charge in [-0.3, -0.25) is 4.57 Å². The molecule has 14 aromatic rings. The van der Waals surface area contributed by atoms with Crippen molar-refractivity contribution in [1.29, 1.82) is 0 Å². The number of hydrogen-bond donors (Lipinski definition) is 0. The van der Waals surface area contributed by atoms with E-state index in [2.05, 4.69) is 217 Å². The zero-order valence-electron chi connectivity index (χ0n) is 34.0. The van der Waals surface area contributed by atoms with E-state index in [0.29, 0.717) is 0 Å². The summed E-state index contributed by atoms with van der Waals surface area (Å²) in [5.41, 5.74) is 7.75. The predicted molar refractivity (Wildman–Crippen MR) is 266 cm³/mol. The zero-order chi connectivity index (χ0) is 41.2. The summed E-state index contributed by atoms with van der Waals surface area (Å²) in [6.07, 6.45) is 2.10. The van der Waals surface area contributed by atoms with Gasteiger partial charge >= 0.3 is 0 Å². The van der Waals surface area contributed by atoms with Crippen LogP contribution in [0, 0.1) is 0 Å². The fourth-order valence-corrected chi connectivity index (χ4v) is 10.8. The molecular formula is C60H35N3. The average molecular weight is 798 g/mol. The lowest BCUT2D eigenvalue weighted by atomic mass is 9.90. The Labute approximate surface area is 362 Å². The summed E-state index contributed by atoms with van der Waals surface area (Å²) in [5.74, 6) is 1.71. The first-order valence-electron chi connectivity index (χ1n) is 21.7. The van der Waals surface area contributed by atoms with Gasteiger partial charge in [0, 0.05) is 33.5 Å². The third kappa shape index (κ3) is 4.90. The van der Waals surface area contributed by atoms with Crippen molar-refractivity contribution in [3.63, 3.8) is 0 Å². The second-order valence-corrected chi connectivity index (χ2v) is 16.8. The Bertz CT molecular complexity index is 4130. The summed E-state index contributed by atoms with van der Waals surface area (Å²) in [5, 5.41) is 19.5. The molecule has 0 atom stereocenters. The number of hydrogen-bond acceptors (Lipinski definition) is 2. The fourth-order valence-electron chi connectivity index (χ4n) is 10.8. The van der Waals surface area contributed by atoms with Gasteiger partial charge in [0.25, 0.3) is 0 Å². The number of benzene rings is 12. The lowest BCUT2D eigenvalue weighted by molar-refractivity contribution is 1.05. The quantitative estimate of drug-likeness (QED) is 0.131. The normalized spacial score (nSPS) is 12.1. The van der Waals surface area contributed by atoms with Crippen LogP contribution in [0.2, 0.25) is 0 Å². The van der Waals surface area contributed by atoms with Crippen molar-refractivity contribution >= 4 is 97.2 Å². The molecule has 0 bridgehead atoms. The van der Waals surface area contributed by atoms with Crippen molar-refractivity contribution in [2.24, 2.45) is 0 Å². The standard InChI is InChI=1S/C60H35N3/c1-3-16-44-41(12-1)34-42-13-2-4-17-45(42)56(44)53-35-61-60(52-23-10-7-20-48(52)53)63-58-51-22-9-6-19-47(51)46-18-5-8-21-50(46)57(58)62-59(63)40-28-24-36(25-29-40)43-32-30-39-27-26-37-14-11-15-38-31-33-49(43)55(39)54(37)38/h1-35H. The Kier molecular flexibility index (Phi) is 7.11. The fraction of sp³-hybridized carbons (Fsp3) is 0. The highest BCUT2D eigenvalue weighted by atomic mass is 15.1. The molecule has 0 amide bonds.